The highest BCUT2D eigenvalue weighted by Crippen LogP contribution is 2.30. The van der Waals surface area contributed by atoms with E-state index < -0.39 is 11.4 Å². The van der Waals surface area contributed by atoms with E-state index in [9.17, 15) is 9.90 Å². The number of aromatic nitrogens is 3. The Kier molecular flexibility index (Phi) is 5.52. The van der Waals surface area contributed by atoms with Gasteiger partial charge in [0, 0.05) is 23.2 Å². The number of aliphatic hydroxyl groups is 1. The lowest BCUT2D eigenvalue weighted by Crippen LogP contribution is -2.24. The van der Waals surface area contributed by atoms with Crippen LogP contribution in [0, 0.1) is 5.82 Å². The van der Waals surface area contributed by atoms with E-state index in [1.54, 1.807) is 36.5 Å². The molecule has 0 fully saturated rings. The molecule has 1 N–H and O–H groups in total. The van der Waals surface area contributed by atoms with Gasteiger partial charge in [0.25, 0.3) is 5.56 Å². The molecule has 2 aromatic heterocycles. The molecule has 164 valence electrons. The largest absolute Gasteiger partial charge is 0.481 e. The Morgan fingerprint density at radius 3 is 2.62 bits per heavy atom. The van der Waals surface area contributed by atoms with E-state index in [-0.39, 0.29) is 17.4 Å². The molecular formula is C25H24FN3O3. The first-order chi connectivity index (χ1) is 15.2. The van der Waals surface area contributed by atoms with Crippen LogP contribution in [0.3, 0.4) is 0 Å². The molecule has 0 saturated heterocycles. The quantitative estimate of drug-likeness (QED) is 0.517. The molecule has 32 heavy (non-hydrogen) atoms. The summed E-state index contributed by atoms with van der Waals surface area (Å²) in [6, 6.07) is 12.0. The zero-order chi connectivity index (χ0) is 23.0. The number of methoxy groups -OCH3 is 1. The Hall–Kier alpha value is -3.58. The van der Waals surface area contributed by atoms with Crippen LogP contribution in [0.4, 0.5) is 4.39 Å². The fourth-order valence-electron chi connectivity index (χ4n) is 3.74. The molecule has 4 rings (SSSR count). The molecule has 0 aliphatic rings. The van der Waals surface area contributed by atoms with Gasteiger partial charge in [-0.3, -0.25) is 4.79 Å². The van der Waals surface area contributed by atoms with Crippen molar-refractivity contribution in [3.05, 3.63) is 82.2 Å². The Bertz CT molecular complexity index is 1370. The van der Waals surface area contributed by atoms with Gasteiger partial charge in [-0.2, -0.15) is 9.78 Å². The topological polar surface area (TPSA) is 77.2 Å². The third-order valence-electron chi connectivity index (χ3n) is 5.50. The van der Waals surface area contributed by atoms with Gasteiger partial charge in [-0.1, -0.05) is 32.9 Å². The molecule has 0 amide bonds. The fraction of sp³-hybridized carbons (Fsp3) is 0.240. The normalized spacial score (nSPS) is 11.7. The number of nitrogens with zero attached hydrogens (tertiary/aromatic N) is 3. The lowest BCUT2D eigenvalue weighted by molar-refractivity contribution is 0.282. The summed E-state index contributed by atoms with van der Waals surface area (Å²) in [7, 11) is 1.52. The van der Waals surface area contributed by atoms with Crippen molar-refractivity contribution in [2.75, 3.05) is 7.11 Å². The molecular weight excluding hydrogens is 409 g/mol. The van der Waals surface area contributed by atoms with Gasteiger partial charge in [0.05, 0.1) is 31.0 Å². The van der Waals surface area contributed by atoms with Crippen molar-refractivity contribution < 1.29 is 14.2 Å². The van der Waals surface area contributed by atoms with E-state index in [0.717, 1.165) is 15.8 Å². The molecule has 0 unspecified atom stereocenters. The highest BCUT2D eigenvalue weighted by molar-refractivity contribution is 5.83. The van der Waals surface area contributed by atoms with Gasteiger partial charge in [-0.15, -0.1) is 0 Å². The zero-order valence-electron chi connectivity index (χ0n) is 18.4. The fourth-order valence-corrected chi connectivity index (χ4v) is 3.74. The van der Waals surface area contributed by atoms with Gasteiger partial charge < -0.3 is 9.84 Å². The van der Waals surface area contributed by atoms with Crippen LogP contribution >= 0.6 is 0 Å². The maximum atomic E-state index is 15.0. The molecule has 7 heteroatoms. The molecule has 0 aliphatic heterocycles. The van der Waals surface area contributed by atoms with Gasteiger partial charge in [0.15, 0.2) is 0 Å². The van der Waals surface area contributed by atoms with Gasteiger partial charge >= 0.3 is 0 Å². The summed E-state index contributed by atoms with van der Waals surface area (Å²) in [6.45, 7) is 5.61. The maximum Gasteiger partial charge on any atom is 0.282 e. The molecule has 6 nitrogen and oxygen atoms in total. The first-order valence-electron chi connectivity index (χ1n) is 10.2. The van der Waals surface area contributed by atoms with Gasteiger partial charge in [0.1, 0.15) is 5.82 Å². The smallest absolute Gasteiger partial charge is 0.282 e. The lowest BCUT2D eigenvalue weighted by atomic mass is 9.86. The zero-order valence-corrected chi connectivity index (χ0v) is 18.4. The standard InChI is InChI=1S/C25H24FN3O3/c1-25(2,3)17-10-16-13-28-29(24(31)23(16)20(26)12-17)21-7-5-6-18(19(21)14-30)15-8-9-27-22(11-15)32-4/h5-13,30H,14H2,1-4H3. The van der Waals surface area contributed by atoms with Gasteiger partial charge in [0.2, 0.25) is 5.88 Å². The number of fused-ring (bicyclic) bond motifs is 1. The Morgan fingerprint density at radius 1 is 1.16 bits per heavy atom. The van der Waals surface area contributed by atoms with E-state index in [0.29, 0.717) is 28.1 Å². The van der Waals surface area contributed by atoms with Crippen molar-refractivity contribution in [2.45, 2.75) is 32.8 Å². The van der Waals surface area contributed by atoms with E-state index >= 15 is 4.39 Å². The Labute approximate surface area is 184 Å². The number of halogens is 1. The van der Waals surface area contributed by atoms with Crippen LogP contribution in [0.2, 0.25) is 0 Å². The number of aliphatic hydroxyl groups excluding tert-OH is 1. The second-order valence-electron chi connectivity index (χ2n) is 8.58. The van der Waals surface area contributed by atoms with Crippen LogP contribution < -0.4 is 10.3 Å². The number of hydrogen-bond donors (Lipinski definition) is 1. The minimum Gasteiger partial charge on any atom is -0.481 e. The monoisotopic (exact) mass is 433 g/mol. The average Bonchev–Trinajstić information content (AvgIpc) is 2.78. The molecule has 0 aliphatic carbocycles. The SMILES string of the molecule is COc1cc(-c2cccc(-n3ncc4cc(C(C)(C)C)cc(F)c4c3=O)c2CO)ccn1. The average molecular weight is 433 g/mol. The van der Waals surface area contributed by atoms with E-state index in [4.69, 9.17) is 4.74 Å². The van der Waals surface area contributed by atoms with Gasteiger partial charge in [-0.05, 0) is 46.4 Å². The Balaban J connectivity index is 1.94. The third kappa shape index (κ3) is 3.76. The third-order valence-corrected chi connectivity index (χ3v) is 5.50. The minimum atomic E-state index is -0.589. The highest BCUT2D eigenvalue weighted by Gasteiger charge is 2.20. The second kappa shape index (κ2) is 8.16. The van der Waals surface area contributed by atoms with E-state index in [1.807, 2.05) is 26.8 Å². The first kappa shape index (κ1) is 21.6. The molecule has 0 radical (unpaired) electrons. The number of hydrogen-bond acceptors (Lipinski definition) is 5. The van der Waals surface area contributed by atoms with Crippen LogP contribution in [0.5, 0.6) is 5.88 Å². The predicted octanol–water partition coefficient (Wildman–Crippen LogP) is 4.39. The van der Waals surface area contributed by atoms with Crippen LogP contribution in [0.25, 0.3) is 27.6 Å². The lowest BCUT2D eigenvalue weighted by Gasteiger charge is -2.20. The molecule has 0 spiro atoms. The number of pyridine rings is 1. The second-order valence-corrected chi connectivity index (χ2v) is 8.58. The van der Waals surface area contributed by atoms with Crippen LogP contribution in [0.15, 0.2) is 59.7 Å². The number of benzene rings is 2. The number of ether oxygens (including phenoxy) is 1. The molecule has 4 aromatic rings. The molecule has 2 aromatic carbocycles. The van der Waals surface area contributed by atoms with Crippen molar-refractivity contribution in [2.24, 2.45) is 0 Å². The summed E-state index contributed by atoms with van der Waals surface area (Å²) in [6.07, 6.45) is 3.09. The van der Waals surface area contributed by atoms with Crippen molar-refractivity contribution in [3.63, 3.8) is 0 Å². The van der Waals surface area contributed by atoms with Crippen molar-refractivity contribution in [3.8, 4) is 22.7 Å². The van der Waals surface area contributed by atoms with Crippen molar-refractivity contribution in [1.82, 2.24) is 14.8 Å². The highest BCUT2D eigenvalue weighted by atomic mass is 19.1. The summed E-state index contributed by atoms with van der Waals surface area (Å²) >= 11 is 0. The van der Waals surface area contributed by atoms with Crippen LogP contribution in [-0.4, -0.2) is 27.0 Å². The summed E-state index contributed by atoms with van der Waals surface area (Å²) in [4.78, 5) is 17.4. The predicted molar refractivity (Wildman–Crippen MR) is 122 cm³/mol. The summed E-state index contributed by atoms with van der Waals surface area (Å²) in [5, 5.41) is 14.9. The van der Waals surface area contributed by atoms with E-state index in [1.165, 1.54) is 19.4 Å². The van der Waals surface area contributed by atoms with Crippen molar-refractivity contribution >= 4 is 10.8 Å². The summed E-state index contributed by atoms with van der Waals surface area (Å²) in [5.74, 6) is -0.163. The maximum absolute atomic E-state index is 15.0. The first-order valence-corrected chi connectivity index (χ1v) is 10.2. The molecule has 2 heterocycles. The molecule has 0 atom stereocenters. The minimum absolute atomic E-state index is 0.0344. The Morgan fingerprint density at radius 2 is 1.94 bits per heavy atom. The summed E-state index contributed by atoms with van der Waals surface area (Å²) in [5.41, 5.74) is 2.26. The van der Waals surface area contributed by atoms with Crippen molar-refractivity contribution in [1.29, 1.82) is 0 Å². The van der Waals surface area contributed by atoms with Crippen LogP contribution in [-0.2, 0) is 12.0 Å². The molecule has 0 bridgehead atoms. The van der Waals surface area contributed by atoms with Crippen LogP contribution in [0.1, 0.15) is 31.9 Å². The van der Waals surface area contributed by atoms with Gasteiger partial charge in [-0.25, -0.2) is 9.37 Å². The van der Waals surface area contributed by atoms with E-state index in [2.05, 4.69) is 10.1 Å². The molecule has 0 saturated carbocycles. The number of rotatable bonds is 4. The summed E-state index contributed by atoms with van der Waals surface area (Å²) < 4.78 is 21.4.